The van der Waals surface area contributed by atoms with Gasteiger partial charge in [0.25, 0.3) is 0 Å². The molecule has 2 rings (SSSR count). The number of nitrogens with two attached hydrogens (primary N) is 1. The van der Waals surface area contributed by atoms with Crippen molar-refractivity contribution in [2.45, 2.75) is 44.2 Å². The topological polar surface area (TPSA) is 66.6 Å². The Labute approximate surface area is 96.8 Å². The summed E-state index contributed by atoms with van der Waals surface area (Å²) >= 11 is 0. The lowest BCUT2D eigenvalue weighted by Gasteiger charge is -2.25. The molecular weight excluding hydrogens is 204 g/mol. The highest BCUT2D eigenvalue weighted by Gasteiger charge is 2.44. The number of rotatable bonds is 4. The van der Waals surface area contributed by atoms with Crippen LogP contribution in [-0.4, -0.2) is 41.1 Å². The van der Waals surface area contributed by atoms with Crippen molar-refractivity contribution in [3.8, 4) is 0 Å². The molecule has 0 saturated heterocycles. The van der Waals surface area contributed by atoms with Crippen molar-refractivity contribution in [1.29, 1.82) is 0 Å². The first-order valence-corrected chi connectivity index (χ1v) is 6.15. The van der Waals surface area contributed by atoms with Gasteiger partial charge in [0.2, 0.25) is 0 Å². The van der Waals surface area contributed by atoms with E-state index in [1.807, 2.05) is 0 Å². The molecule has 2 saturated carbocycles. The highest BCUT2D eigenvalue weighted by Crippen LogP contribution is 2.39. The predicted molar refractivity (Wildman–Crippen MR) is 62.1 cm³/mol. The van der Waals surface area contributed by atoms with E-state index in [1.165, 1.54) is 6.42 Å². The molecule has 0 heterocycles. The molecule has 3 N–H and O–H groups in total. The van der Waals surface area contributed by atoms with Crippen molar-refractivity contribution in [2.24, 2.45) is 17.6 Å². The van der Waals surface area contributed by atoms with Gasteiger partial charge in [-0.1, -0.05) is 6.92 Å². The van der Waals surface area contributed by atoms with Crippen LogP contribution in [0.3, 0.4) is 0 Å². The van der Waals surface area contributed by atoms with E-state index in [9.17, 15) is 4.79 Å². The first-order valence-electron chi connectivity index (χ1n) is 6.15. The maximum Gasteiger partial charge on any atom is 0.323 e. The second kappa shape index (κ2) is 4.00. The maximum absolute atomic E-state index is 11.0. The first-order chi connectivity index (χ1) is 7.42. The molecule has 0 aromatic carbocycles. The van der Waals surface area contributed by atoms with Crippen LogP contribution in [0.2, 0.25) is 0 Å². The quantitative estimate of drug-likeness (QED) is 0.747. The molecule has 4 heteroatoms. The van der Waals surface area contributed by atoms with Crippen molar-refractivity contribution in [1.82, 2.24) is 4.90 Å². The van der Waals surface area contributed by atoms with Gasteiger partial charge in [-0.25, -0.2) is 0 Å². The van der Waals surface area contributed by atoms with Crippen LogP contribution in [0.5, 0.6) is 0 Å². The Kier molecular flexibility index (Phi) is 2.97. The van der Waals surface area contributed by atoms with Crippen LogP contribution in [0.1, 0.15) is 32.6 Å². The Morgan fingerprint density at radius 3 is 2.69 bits per heavy atom. The van der Waals surface area contributed by atoms with Gasteiger partial charge in [0.05, 0.1) is 0 Å². The van der Waals surface area contributed by atoms with Gasteiger partial charge in [-0.15, -0.1) is 0 Å². The number of hydrogen-bond donors (Lipinski definition) is 2. The normalized spacial score (nSPS) is 42.6. The molecule has 0 aliphatic heterocycles. The third kappa shape index (κ3) is 2.23. The summed E-state index contributed by atoms with van der Waals surface area (Å²) in [4.78, 5) is 13.3. The molecule has 4 nitrogen and oxygen atoms in total. The summed E-state index contributed by atoms with van der Waals surface area (Å²) in [6, 6.07) is 0.355. The minimum absolute atomic E-state index is 0.355. The molecule has 4 unspecified atom stereocenters. The highest BCUT2D eigenvalue weighted by atomic mass is 16.4. The van der Waals surface area contributed by atoms with Gasteiger partial charge in [0.1, 0.15) is 5.54 Å². The average molecular weight is 226 g/mol. The molecule has 0 amide bonds. The molecule has 0 aromatic rings. The van der Waals surface area contributed by atoms with Gasteiger partial charge < -0.3 is 15.7 Å². The van der Waals surface area contributed by atoms with Gasteiger partial charge in [-0.3, -0.25) is 4.79 Å². The van der Waals surface area contributed by atoms with Gasteiger partial charge in [0, 0.05) is 12.6 Å². The summed E-state index contributed by atoms with van der Waals surface area (Å²) in [5.41, 5.74) is 4.90. The second-order valence-corrected chi connectivity index (χ2v) is 5.77. The summed E-state index contributed by atoms with van der Waals surface area (Å²) in [5, 5.41) is 9.06. The zero-order valence-electron chi connectivity index (χ0n) is 10.1. The highest BCUT2D eigenvalue weighted by molar-refractivity contribution is 5.79. The molecule has 0 radical (unpaired) electrons. The Balaban J connectivity index is 1.85. The Morgan fingerprint density at radius 2 is 2.25 bits per heavy atom. The van der Waals surface area contributed by atoms with Gasteiger partial charge in [0.15, 0.2) is 0 Å². The largest absolute Gasteiger partial charge is 0.480 e. The van der Waals surface area contributed by atoms with E-state index in [0.29, 0.717) is 18.9 Å². The first kappa shape index (κ1) is 11.9. The molecule has 4 atom stereocenters. The smallest absolute Gasteiger partial charge is 0.323 e. The van der Waals surface area contributed by atoms with E-state index in [1.54, 1.807) is 0 Å². The van der Waals surface area contributed by atoms with Crippen LogP contribution < -0.4 is 5.73 Å². The third-order valence-electron chi connectivity index (χ3n) is 4.37. The van der Waals surface area contributed by atoms with E-state index < -0.39 is 11.5 Å². The van der Waals surface area contributed by atoms with E-state index >= 15 is 0 Å². The Morgan fingerprint density at radius 1 is 1.62 bits per heavy atom. The molecule has 2 aliphatic carbocycles. The summed E-state index contributed by atoms with van der Waals surface area (Å²) in [6.07, 6.45) is 3.45. The zero-order valence-corrected chi connectivity index (χ0v) is 10.1. The van der Waals surface area contributed by atoms with Gasteiger partial charge in [-0.05, 0) is 44.6 Å². The van der Waals surface area contributed by atoms with Gasteiger partial charge in [-0.2, -0.15) is 0 Å². The van der Waals surface area contributed by atoms with Crippen molar-refractivity contribution in [3.05, 3.63) is 0 Å². The number of carbonyl (C=O) groups is 1. The van der Waals surface area contributed by atoms with E-state index in [0.717, 1.165) is 24.8 Å². The van der Waals surface area contributed by atoms with Crippen LogP contribution in [0.25, 0.3) is 0 Å². The molecule has 0 aromatic heterocycles. The number of carboxylic acid groups (broad SMARTS) is 1. The lowest BCUT2D eigenvalue weighted by Crippen LogP contribution is -2.47. The van der Waals surface area contributed by atoms with Crippen molar-refractivity contribution in [2.75, 3.05) is 13.6 Å². The number of carboxylic acids is 1. The lowest BCUT2D eigenvalue weighted by atomic mass is 9.99. The maximum atomic E-state index is 11.0. The summed E-state index contributed by atoms with van der Waals surface area (Å²) in [5.74, 6) is 0.830. The molecule has 0 spiro atoms. The molecule has 2 aliphatic rings. The number of nitrogens with zero attached hydrogens (tertiary/aromatic N) is 1. The van der Waals surface area contributed by atoms with Crippen LogP contribution in [0.15, 0.2) is 0 Å². The number of hydrogen-bond acceptors (Lipinski definition) is 3. The standard InChI is InChI=1S/C12H22N2O2/c1-8-5-9(8)7-14(2)10-3-4-12(13,6-10)11(15)16/h8-10H,3-7,13H2,1-2H3,(H,15,16). The fourth-order valence-corrected chi connectivity index (χ4v) is 2.79. The second-order valence-electron chi connectivity index (χ2n) is 5.77. The number of aliphatic carboxylic acids is 1. The molecule has 2 fully saturated rings. The summed E-state index contributed by atoms with van der Waals surface area (Å²) in [7, 11) is 2.10. The summed E-state index contributed by atoms with van der Waals surface area (Å²) < 4.78 is 0. The molecule has 0 bridgehead atoms. The third-order valence-corrected chi connectivity index (χ3v) is 4.37. The van der Waals surface area contributed by atoms with Crippen LogP contribution in [-0.2, 0) is 4.79 Å². The molecule has 92 valence electrons. The van der Waals surface area contributed by atoms with Crippen molar-refractivity contribution in [3.63, 3.8) is 0 Å². The molecular formula is C12H22N2O2. The molecule has 16 heavy (non-hydrogen) atoms. The van der Waals surface area contributed by atoms with Crippen LogP contribution in [0, 0.1) is 11.8 Å². The average Bonchev–Trinajstić information content (AvgIpc) is 2.75. The zero-order chi connectivity index (χ0) is 11.9. The predicted octanol–water partition coefficient (Wildman–Crippen LogP) is 0.909. The van der Waals surface area contributed by atoms with Crippen molar-refractivity contribution < 1.29 is 9.90 Å². The van der Waals surface area contributed by atoms with E-state index in [-0.39, 0.29) is 0 Å². The fourth-order valence-electron chi connectivity index (χ4n) is 2.79. The fraction of sp³-hybridized carbons (Fsp3) is 0.917. The van der Waals surface area contributed by atoms with Crippen LogP contribution >= 0.6 is 0 Å². The van der Waals surface area contributed by atoms with Crippen LogP contribution in [0.4, 0.5) is 0 Å². The van der Waals surface area contributed by atoms with Crippen molar-refractivity contribution >= 4 is 5.97 Å². The minimum atomic E-state index is -0.978. The minimum Gasteiger partial charge on any atom is -0.480 e. The summed E-state index contributed by atoms with van der Waals surface area (Å²) in [6.45, 7) is 3.37. The Bertz CT molecular complexity index is 295. The lowest BCUT2D eigenvalue weighted by molar-refractivity contribution is -0.143. The SMILES string of the molecule is CC1CC1CN(C)C1CCC(N)(C(=O)O)C1. The monoisotopic (exact) mass is 226 g/mol. The van der Waals surface area contributed by atoms with Gasteiger partial charge >= 0.3 is 5.97 Å². The Hall–Kier alpha value is -0.610. The van der Waals surface area contributed by atoms with E-state index in [2.05, 4.69) is 18.9 Å². The van der Waals surface area contributed by atoms with E-state index in [4.69, 9.17) is 10.8 Å².